The molecule has 0 unspecified atom stereocenters. The number of amides is 2. The number of rotatable bonds is 5. The molecule has 1 spiro atoms. The van der Waals surface area contributed by atoms with E-state index >= 15 is 0 Å². The van der Waals surface area contributed by atoms with Crippen molar-refractivity contribution in [2.45, 2.75) is 19.4 Å². The van der Waals surface area contributed by atoms with E-state index in [1.165, 1.54) is 7.11 Å². The molecule has 11 heteroatoms. The molecule has 0 bridgehead atoms. The van der Waals surface area contributed by atoms with Crippen molar-refractivity contribution in [2.75, 3.05) is 71.3 Å². The largest absolute Gasteiger partial charge is 0.465 e. The van der Waals surface area contributed by atoms with Crippen LogP contribution in [0.3, 0.4) is 0 Å². The molecule has 2 fully saturated rings. The summed E-state index contributed by atoms with van der Waals surface area (Å²) in [7, 11) is 8.35. The van der Waals surface area contributed by atoms with Gasteiger partial charge in [-0.2, -0.15) is 0 Å². The summed E-state index contributed by atoms with van der Waals surface area (Å²) >= 11 is 0. The first-order chi connectivity index (χ1) is 22.5. The molecule has 2 amide bonds. The average Bonchev–Trinajstić information content (AvgIpc) is 3.31. The summed E-state index contributed by atoms with van der Waals surface area (Å²) in [5, 5.41) is 0. The van der Waals surface area contributed by atoms with Crippen molar-refractivity contribution in [3.8, 4) is 11.5 Å². The van der Waals surface area contributed by atoms with Gasteiger partial charge < -0.3 is 33.8 Å². The molecule has 0 aromatic heterocycles. The Morgan fingerprint density at radius 2 is 1.23 bits per heavy atom. The lowest BCUT2D eigenvalue weighted by Crippen LogP contribution is -2.53. The Kier molecular flexibility index (Phi) is 8.11. The van der Waals surface area contributed by atoms with Crippen LogP contribution in [0.1, 0.15) is 51.3 Å². The lowest BCUT2D eigenvalue weighted by Gasteiger charge is -2.43. The minimum absolute atomic E-state index is 0.0780. The summed E-state index contributed by atoms with van der Waals surface area (Å²) in [6, 6.07) is 16.3. The molecule has 4 aliphatic rings. The van der Waals surface area contributed by atoms with Crippen molar-refractivity contribution in [2.24, 2.45) is 11.8 Å². The van der Waals surface area contributed by atoms with Crippen LogP contribution in [-0.2, 0) is 24.7 Å². The number of carbonyl (C=O) groups is 4. The Morgan fingerprint density at radius 3 is 1.68 bits per heavy atom. The third-order valence-electron chi connectivity index (χ3n) is 9.27. The third-order valence-corrected chi connectivity index (χ3v) is 9.27. The van der Waals surface area contributed by atoms with Gasteiger partial charge in [0.05, 0.1) is 30.1 Å². The van der Waals surface area contributed by atoms with Gasteiger partial charge in [0.1, 0.15) is 11.5 Å². The van der Waals surface area contributed by atoms with E-state index in [9.17, 15) is 19.2 Å². The summed E-state index contributed by atoms with van der Waals surface area (Å²) in [5.41, 5.74) is 2.83. The molecule has 4 aliphatic heterocycles. The molecule has 0 saturated carbocycles. The van der Waals surface area contributed by atoms with Crippen molar-refractivity contribution < 1.29 is 33.4 Å². The van der Waals surface area contributed by atoms with Gasteiger partial charge in [-0.3, -0.25) is 9.59 Å². The summed E-state index contributed by atoms with van der Waals surface area (Å²) in [5.74, 6) is 0.0190. The predicted octanol–water partition coefficient (Wildman–Crippen LogP) is 4.12. The van der Waals surface area contributed by atoms with Crippen LogP contribution in [0.5, 0.6) is 11.5 Å². The maximum absolute atomic E-state index is 13.4. The van der Waals surface area contributed by atoms with Gasteiger partial charge in [0, 0.05) is 94.6 Å². The Hall–Kier alpha value is -5.06. The molecular weight excluding hydrogens is 600 g/mol. The molecular formula is C36H40N4O7. The summed E-state index contributed by atoms with van der Waals surface area (Å²) < 4.78 is 17.9. The monoisotopic (exact) mass is 640 g/mol. The van der Waals surface area contributed by atoms with Crippen LogP contribution in [-0.4, -0.2) is 95.0 Å². The standard InChI is InChI=1S/C34H34N4O7.C2H6/c1-35(2)30(39)20-15-37(16-20)22-7-10-25-28(13-22)44-29-14-23(38-17-21(18-38)31(40)36(3)4)8-11-26(29)34(25)27-12-19(32(41)43-5)6-9-24(27)33(42)45-34;1-2/h6-14,20-21H,15-18H2,1-5H3;1-2H3. The van der Waals surface area contributed by atoms with Gasteiger partial charge in [0.15, 0.2) is 5.60 Å². The molecule has 2 saturated heterocycles. The quantitative estimate of drug-likeness (QED) is 0.381. The fraction of sp³-hybridized carbons (Fsp3) is 0.389. The Morgan fingerprint density at radius 1 is 0.745 bits per heavy atom. The fourth-order valence-electron chi connectivity index (χ4n) is 6.76. The van der Waals surface area contributed by atoms with Crippen molar-refractivity contribution >= 4 is 35.1 Å². The highest BCUT2D eigenvalue weighted by Gasteiger charge is 2.54. The molecule has 47 heavy (non-hydrogen) atoms. The summed E-state index contributed by atoms with van der Waals surface area (Å²) in [4.78, 5) is 58.4. The van der Waals surface area contributed by atoms with E-state index in [0.717, 1.165) is 11.4 Å². The number of hydrogen-bond acceptors (Lipinski definition) is 9. The SMILES string of the molecule is CC.COC(=O)c1ccc2c(c1)C1(OC2=O)c2ccc(N3CC(C(=O)N(C)C)C3)cc2Oc2cc(N3CC(C(=O)N(C)C)C3)ccc21. The van der Waals surface area contributed by atoms with E-state index in [0.29, 0.717) is 65.5 Å². The molecule has 0 N–H and O–H groups in total. The molecule has 246 valence electrons. The second kappa shape index (κ2) is 11.9. The molecule has 0 atom stereocenters. The predicted molar refractivity (Wildman–Crippen MR) is 176 cm³/mol. The molecule has 3 aromatic carbocycles. The molecule has 4 heterocycles. The van der Waals surface area contributed by atoms with E-state index in [1.54, 1.807) is 56.2 Å². The number of carbonyl (C=O) groups excluding carboxylic acids is 4. The Labute approximate surface area is 274 Å². The maximum atomic E-state index is 13.4. The Balaban J connectivity index is 0.00000190. The second-order valence-corrected chi connectivity index (χ2v) is 12.5. The molecule has 3 aromatic rings. The summed E-state index contributed by atoms with van der Waals surface area (Å²) in [6.07, 6.45) is 0. The highest BCUT2D eigenvalue weighted by Crippen LogP contribution is 2.57. The smallest absolute Gasteiger partial charge is 0.340 e. The number of anilines is 2. The van der Waals surface area contributed by atoms with Crippen molar-refractivity contribution in [3.63, 3.8) is 0 Å². The number of benzene rings is 3. The zero-order chi connectivity index (χ0) is 33.8. The lowest BCUT2D eigenvalue weighted by molar-refractivity contribution is -0.134. The van der Waals surface area contributed by atoms with Gasteiger partial charge in [0.25, 0.3) is 0 Å². The topological polar surface area (TPSA) is 109 Å². The second-order valence-electron chi connectivity index (χ2n) is 12.5. The van der Waals surface area contributed by atoms with E-state index in [1.807, 2.05) is 50.2 Å². The highest BCUT2D eigenvalue weighted by molar-refractivity contribution is 5.99. The van der Waals surface area contributed by atoms with Crippen molar-refractivity contribution in [3.05, 3.63) is 82.4 Å². The van der Waals surface area contributed by atoms with Crippen LogP contribution in [0.2, 0.25) is 0 Å². The number of fused-ring (bicyclic) bond motifs is 6. The first kappa shape index (κ1) is 31.9. The van der Waals surface area contributed by atoms with Crippen LogP contribution in [0, 0.1) is 11.8 Å². The number of methoxy groups -OCH3 is 1. The van der Waals surface area contributed by atoms with E-state index < -0.39 is 17.5 Å². The number of nitrogens with zero attached hydrogens (tertiary/aromatic N) is 4. The third kappa shape index (κ3) is 5.04. The minimum atomic E-state index is -1.37. The van der Waals surface area contributed by atoms with Gasteiger partial charge in [-0.25, -0.2) is 9.59 Å². The Bertz CT molecular complexity index is 1690. The van der Waals surface area contributed by atoms with Crippen LogP contribution in [0.15, 0.2) is 54.6 Å². The first-order valence-electron chi connectivity index (χ1n) is 15.9. The fourth-order valence-corrected chi connectivity index (χ4v) is 6.76. The minimum Gasteiger partial charge on any atom is -0.465 e. The highest BCUT2D eigenvalue weighted by atomic mass is 16.6. The maximum Gasteiger partial charge on any atom is 0.340 e. The number of hydrogen-bond donors (Lipinski definition) is 0. The van der Waals surface area contributed by atoms with Crippen molar-refractivity contribution in [1.82, 2.24) is 9.80 Å². The van der Waals surface area contributed by atoms with E-state index in [2.05, 4.69) is 9.80 Å². The van der Waals surface area contributed by atoms with Gasteiger partial charge in [-0.15, -0.1) is 0 Å². The van der Waals surface area contributed by atoms with E-state index in [4.69, 9.17) is 14.2 Å². The van der Waals surface area contributed by atoms with E-state index in [-0.39, 0.29) is 23.7 Å². The van der Waals surface area contributed by atoms with Crippen molar-refractivity contribution in [1.29, 1.82) is 0 Å². The summed E-state index contributed by atoms with van der Waals surface area (Å²) in [6.45, 7) is 6.35. The normalized spacial score (nSPS) is 17.0. The molecule has 11 nitrogen and oxygen atoms in total. The van der Waals surface area contributed by atoms with Crippen LogP contribution in [0.25, 0.3) is 0 Å². The van der Waals surface area contributed by atoms with Gasteiger partial charge in [-0.05, 0) is 42.5 Å². The lowest BCUT2D eigenvalue weighted by atomic mass is 9.77. The zero-order valence-corrected chi connectivity index (χ0v) is 27.8. The zero-order valence-electron chi connectivity index (χ0n) is 27.8. The van der Waals surface area contributed by atoms with Gasteiger partial charge in [0.2, 0.25) is 11.8 Å². The van der Waals surface area contributed by atoms with Crippen LogP contribution >= 0.6 is 0 Å². The molecule has 0 aliphatic carbocycles. The number of esters is 2. The molecule has 7 rings (SSSR count). The molecule has 0 radical (unpaired) electrons. The van der Waals surface area contributed by atoms with Gasteiger partial charge in [-0.1, -0.05) is 13.8 Å². The van der Waals surface area contributed by atoms with Gasteiger partial charge >= 0.3 is 11.9 Å². The first-order valence-corrected chi connectivity index (χ1v) is 15.9. The number of ether oxygens (including phenoxy) is 3. The average molecular weight is 641 g/mol. The van der Waals surface area contributed by atoms with Crippen LogP contribution < -0.4 is 14.5 Å². The van der Waals surface area contributed by atoms with Crippen LogP contribution in [0.4, 0.5) is 11.4 Å².